The Morgan fingerprint density at radius 2 is 1.86 bits per heavy atom. The molecule has 3 N–H and O–H groups in total. The fourth-order valence-electron chi connectivity index (χ4n) is 0.821. The zero-order valence-electron chi connectivity index (χ0n) is 9.05. The van der Waals surface area contributed by atoms with Crippen molar-refractivity contribution in [1.82, 2.24) is 10.6 Å². The Labute approximate surface area is 83.9 Å². The summed E-state index contributed by atoms with van der Waals surface area (Å²) in [5.41, 5.74) is -0.0492. The average Bonchev–Trinajstić information content (AvgIpc) is 2.00. The van der Waals surface area contributed by atoms with Crippen LogP contribution in [0.5, 0.6) is 0 Å². The zero-order valence-corrected chi connectivity index (χ0v) is 9.05. The second kappa shape index (κ2) is 4.95. The summed E-state index contributed by atoms with van der Waals surface area (Å²) in [6.45, 7) is 6.34. The maximum atomic E-state index is 11.3. The van der Waals surface area contributed by atoms with E-state index in [4.69, 9.17) is 5.11 Å². The molecule has 0 aromatic rings. The Morgan fingerprint density at radius 1 is 1.36 bits per heavy atom. The Balaban J connectivity index is 4.13. The molecule has 82 valence electrons. The van der Waals surface area contributed by atoms with Crippen LogP contribution >= 0.6 is 0 Å². The highest BCUT2D eigenvalue weighted by Crippen LogP contribution is 2.10. The highest BCUT2D eigenvalue weighted by molar-refractivity contribution is 6.01. The van der Waals surface area contributed by atoms with Crippen LogP contribution in [0.15, 0.2) is 0 Å². The third-order valence-corrected chi connectivity index (χ3v) is 1.59. The lowest BCUT2D eigenvalue weighted by Crippen LogP contribution is -2.49. The van der Waals surface area contributed by atoms with E-state index in [2.05, 4.69) is 10.6 Å². The van der Waals surface area contributed by atoms with Crippen LogP contribution in [0.3, 0.4) is 0 Å². The average molecular weight is 202 g/mol. The minimum atomic E-state index is -1.17. The maximum Gasteiger partial charge on any atom is 0.330 e. The van der Waals surface area contributed by atoms with Gasteiger partial charge in [-0.05, 0) is 12.5 Å². The minimum absolute atomic E-state index is 0.0492. The summed E-state index contributed by atoms with van der Waals surface area (Å²) in [5, 5.41) is 13.6. The van der Waals surface area contributed by atoms with Gasteiger partial charge in [-0.1, -0.05) is 20.8 Å². The van der Waals surface area contributed by atoms with Gasteiger partial charge in [0.05, 0.1) is 0 Å². The highest BCUT2D eigenvalue weighted by Gasteiger charge is 2.24. The van der Waals surface area contributed by atoms with E-state index in [0.29, 0.717) is 6.54 Å². The molecule has 5 heteroatoms. The molecule has 0 aliphatic carbocycles. The predicted octanol–water partition coefficient (Wildman–Crippen LogP) is -0.179. The highest BCUT2D eigenvalue weighted by atomic mass is 16.4. The van der Waals surface area contributed by atoms with Crippen molar-refractivity contribution in [3.63, 3.8) is 0 Å². The first-order valence-corrected chi connectivity index (χ1v) is 4.45. The van der Waals surface area contributed by atoms with Gasteiger partial charge in [0.2, 0.25) is 5.91 Å². The van der Waals surface area contributed by atoms with Crippen LogP contribution in [-0.2, 0) is 9.59 Å². The van der Waals surface area contributed by atoms with Crippen molar-refractivity contribution in [2.45, 2.75) is 26.8 Å². The summed E-state index contributed by atoms with van der Waals surface area (Å²) in [6, 6.07) is -1.17. The molecule has 0 spiro atoms. The van der Waals surface area contributed by atoms with Crippen molar-refractivity contribution >= 4 is 11.9 Å². The van der Waals surface area contributed by atoms with Gasteiger partial charge in [-0.2, -0.15) is 0 Å². The van der Waals surface area contributed by atoms with Gasteiger partial charge in [-0.15, -0.1) is 0 Å². The summed E-state index contributed by atoms with van der Waals surface area (Å²) >= 11 is 0. The Bertz CT molecular complexity index is 221. The van der Waals surface area contributed by atoms with Crippen molar-refractivity contribution < 1.29 is 14.7 Å². The quantitative estimate of drug-likeness (QED) is 0.553. The number of hydrogen-bond donors (Lipinski definition) is 3. The number of rotatable bonds is 4. The second-order valence-electron chi connectivity index (χ2n) is 4.34. The van der Waals surface area contributed by atoms with E-state index in [0.717, 1.165) is 0 Å². The van der Waals surface area contributed by atoms with E-state index in [1.54, 1.807) is 0 Å². The number of carboxylic acid groups (broad SMARTS) is 1. The van der Waals surface area contributed by atoms with Gasteiger partial charge in [-0.3, -0.25) is 10.1 Å². The van der Waals surface area contributed by atoms with Gasteiger partial charge in [-0.25, -0.2) is 4.79 Å². The smallest absolute Gasteiger partial charge is 0.330 e. The van der Waals surface area contributed by atoms with Gasteiger partial charge in [0.1, 0.15) is 0 Å². The van der Waals surface area contributed by atoms with E-state index in [1.165, 1.54) is 7.05 Å². The number of hydrogen-bond acceptors (Lipinski definition) is 3. The molecule has 0 aliphatic rings. The number of carboxylic acids is 1. The summed E-state index contributed by atoms with van der Waals surface area (Å²) in [7, 11) is 1.44. The normalized spacial score (nSPS) is 13.4. The van der Waals surface area contributed by atoms with E-state index < -0.39 is 17.9 Å². The first-order valence-electron chi connectivity index (χ1n) is 4.45. The largest absolute Gasteiger partial charge is 0.480 e. The summed E-state index contributed by atoms with van der Waals surface area (Å²) < 4.78 is 0. The van der Waals surface area contributed by atoms with Gasteiger partial charge in [0.25, 0.3) is 0 Å². The molecule has 0 heterocycles. The van der Waals surface area contributed by atoms with E-state index in [9.17, 15) is 9.59 Å². The Kier molecular flexibility index (Phi) is 4.56. The number of aliphatic carboxylic acids is 1. The molecule has 0 saturated heterocycles. The van der Waals surface area contributed by atoms with Crippen LogP contribution in [0.4, 0.5) is 0 Å². The molecule has 0 fully saturated rings. The summed E-state index contributed by atoms with van der Waals surface area (Å²) in [5.74, 6) is -1.67. The second-order valence-corrected chi connectivity index (χ2v) is 4.34. The third-order valence-electron chi connectivity index (χ3n) is 1.59. The van der Waals surface area contributed by atoms with Gasteiger partial charge >= 0.3 is 5.97 Å². The van der Waals surface area contributed by atoms with Crippen molar-refractivity contribution in [2.24, 2.45) is 5.41 Å². The van der Waals surface area contributed by atoms with E-state index >= 15 is 0 Å². The Morgan fingerprint density at radius 3 is 2.14 bits per heavy atom. The summed E-state index contributed by atoms with van der Waals surface area (Å²) in [6.07, 6.45) is 0. The molecular formula is C9H18N2O3. The van der Waals surface area contributed by atoms with Crippen LogP contribution in [0.25, 0.3) is 0 Å². The number of amides is 1. The molecule has 1 unspecified atom stereocenters. The molecule has 0 rings (SSSR count). The lowest BCUT2D eigenvalue weighted by molar-refractivity contribution is -0.143. The number of likely N-dealkylation sites (N-methyl/N-ethyl adjacent to an activating group) is 1. The zero-order chi connectivity index (χ0) is 11.4. The number of carbonyl (C=O) groups excluding carboxylic acids is 1. The number of carbonyl (C=O) groups is 2. The van der Waals surface area contributed by atoms with Gasteiger partial charge < -0.3 is 10.4 Å². The summed E-state index contributed by atoms with van der Waals surface area (Å²) in [4.78, 5) is 21.9. The van der Waals surface area contributed by atoms with E-state index in [-0.39, 0.29) is 5.41 Å². The maximum absolute atomic E-state index is 11.3. The first kappa shape index (κ1) is 12.9. The van der Waals surface area contributed by atoms with Crippen LogP contribution in [-0.4, -0.2) is 36.6 Å². The SMILES string of the molecule is CNC(C(=O)O)C(=O)NCC(C)(C)C. The lowest BCUT2D eigenvalue weighted by atomic mass is 9.97. The molecule has 14 heavy (non-hydrogen) atoms. The fourth-order valence-corrected chi connectivity index (χ4v) is 0.821. The topological polar surface area (TPSA) is 78.4 Å². The van der Waals surface area contributed by atoms with Crippen molar-refractivity contribution in [3.8, 4) is 0 Å². The van der Waals surface area contributed by atoms with Crippen LogP contribution in [0.2, 0.25) is 0 Å². The van der Waals surface area contributed by atoms with Gasteiger partial charge in [0, 0.05) is 6.54 Å². The molecular weight excluding hydrogens is 184 g/mol. The van der Waals surface area contributed by atoms with Crippen LogP contribution in [0.1, 0.15) is 20.8 Å². The van der Waals surface area contributed by atoms with Crippen LogP contribution < -0.4 is 10.6 Å². The molecule has 0 aliphatic heterocycles. The van der Waals surface area contributed by atoms with Crippen molar-refractivity contribution in [1.29, 1.82) is 0 Å². The molecule has 5 nitrogen and oxygen atoms in total. The number of nitrogens with one attached hydrogen (secondary N) is 2. The third kappa shape index (κ3) is 4.81. The standard InChI is InChI=1S/C9H18N2O3/c1-9(2,3)5-11-7(12)6(10-4)8(13)14/h6,10H,5H2,1-4H3,(H,11,12)(H,13,14). The van der Waals surface area contributed by atoms with Crippen molar-refractivity contribution in [3.05, 3.63) is 0 Å². The molecule has 0 bridgehead atoms. The molecule has 0 saturated carbocycles. The molecule has 1 amide bonds. The molecule has 0 aromatic heterocycles. The fraction of sp³-hybridized carbons (Fsp3) is 0.778. The van der Waals surface area contributed by atoms with Crippen molar-refractivity contribution in [2.75, 3.05) is 13.6 Å². The lowest BCUT2D eigenvalue weighted by Gasteiger charge is -2.20. The molecule has 0 aromatic carbocycles. The first-order chi connectivity index (χ1) is 6.28. The van der Waals surface area contributed by atoms with E-state index in [1.807, 2.05) is 20.8 Å². The molecule has 1 atom stereocenters. The molecule has 0 radical (unpaired) electrons. The van der Waals surface area contributed by atoms with Gasteiger partial charge in [0.15, 0.2) is 6.04 Å². The van der Waals surface area contributed by atoms with Crippen LogP contribution in [0, 0.1) is 5.41 Å². The Hall–Kier alpha value is -1.10. The minimum Gasteiger partial charge on any atom is -0.480 e. The monoisotopic (exact) mass is 202 g/mol. The predicted molar refractivity (Wildman–Crippen MR) is 52.9 cm³/mol.